The van der Waals surface area contributed by atoms with Gasteiger partial charge in [-0.2, -0.15) is 0 Å². The number of rotatable bonds is 5. The molecule has 114 valence electrons. The van der Waals surface area contributed by atoms with Crippen molar-refractivity contribution in [2.75, 3.05) is 7.11 Å². The van der Waals surface area contributed by atoms with E-state index in [0.717, 1.165) is 5.56 Å². The van der Waals surface area contributed by atoms with Crippen LogP contribution in [0.15, 0.2) is 54.8 Å². The van der Waals surface area contributed by atoms with Gasteiger partial charge in [-0.1, -0.05) is 24.3 Å². The number of hydrogen-bond donors (Lipinski definition) is 2. The maximum atomic E-state index is 11.9. The molecule has 2 rings (SSSR count). The molecule has 6 nitrogen and oxygen atoms in total. The van der Waals surface area contributed by atoms with Crippen LogP contribution in [0.1, 0.15) is 15.9 Å². The Morgan fingerprint density at radius 1 is 1.23 bits per heavy atom. The molecule has 0 aliphatic heterocycles. The van der Waals surface area contributed by atoms with E-state index in [9.17, 15) is 9.90 Å². The van der Waals surface area contributed by atoms with Gasteiger partial charge in [0.2, 0.25) is 0 Å². The molecule has 0 aliphatic carbocycles. The average Bonchev–Trinajstić information content (AvgIpc) is 2.56. The highest BCUT2D eigenvalue weighted by atomic mass is 16.7. The van der Waals surface area contributed by atoms with Crippen LogP contribution in [0.4, 0.5) is 0 Å². The number of hydroxylamine groups is 1. The smallest absolute Gasteiger partial charge is 0.302 e. The van der Waals surface area contributed by atoms with Gasteiger partial charge in [0.1, 0.15) is 6.26 Å². The number of hydrazine groups is 1. The van der Waals surface area contributed by atoms with Gasteiger partial charge < -0.3 is 14.7 Å². The van der Waals surface area contributed by atoms with Gasteiger partial charge in [-0.25, -0.2) is 5.84 Å². The standard InChI is InChI=1S/C16H16N2O4/c1-21-15-11-12(7-8-14(15)19)9-10-22-18(17)16(20)13-5-3-2-4-6-13/h2-11,19H,17H2,1H3/b10-9+. The van der Waals surface area contributed by atoms with Crippen LogP contribution in [0.3, 0.4) is 0 Å². The molecule has 22 heavy (non-hydrogen) atoms. The van der Waals surface area contributed by atoms with E-state index in [2.05, 4.69) is 0 Å². The predicted molar refractivity (Wildman–Crippen MR) is 81.6 cm³/mol. The van der Waals surface area contributed by atoms with Crippen LogP contribution < -0.4 is 10.6 Å². The van der Waals surface area contributed by atoms with E-state index < -0.39 is 5.91 Å². The molecule has 0 spiro atoms. The Kier molecular flexibility index (Phi) is 5.00. The van der Waals surface area contributed by atoms with Gasteiger partial charge in [-0.15, -0.1) is 5.17 Å². The van der Waals surface area contributed by atoms with Gasteiger partial charge in [-0.3, -0.25) is 4.79 Å². The molecule has 0 unspecified atom stereocenters. The molecule has 0 atom stereocenters. The van der Waals surface area contributed by atoms with E-state index in [1.807, 2.05) is 0 Å². The molecular formula is C16H16N2O4. The lowest BCUT2D eigenvalue weighted by Gasteiger charge is -2.13. The molecule has 0 heterocycles. The molecule has 6 heteroatoms. The zero-order chi connectivity index (χ0) is 15.9. The molecule has 0 saturated heterocycles. The van der Waals surface area contributed by atoms with Crippen molar-refractivity contribution in [3.63, 3.8) is 0 Å². The fourth-order valence-electron chi connectivity index (χ4n) is 1.73. The predicted octanol–water partition coefficient (Wildman–Crippen LogP) is 2.32. The number of ether oxygens (including phenoxy) is 1. The normalized spacial score (nSPS) is 10.5. The first-order chi connectivity index (χ1) is 10.6. The van der Waals surface area contributed by atoms with Crippen molar-refractivity contribution in [1.29, 1.82) is 0 Å². The Bertz CT molecular complexity index is 671. The fraction of sp³-hybridized carbons (Fsp3) is 0.0625. The molecule has 0 fully saturated rings. The third-order valence-electron chi connectivity index (χ3n) is 2.86. The number of nitrogens with two attached hydrogens (primary N) is 1. The zero-order valence-corrected chi connectivity index (χ0v) is 12.0. The van der Waals surface area contributed by atoms with Crippen LogP contribution in [-0.2, 0) is 4.84 Å². The van der Waals surface area contributed by atoms with Crippen LogP contribution in [0.2, 0.25) is 0 Å². The lowest BCUT2D eigenvalue weighted by Crippen LogP contribution is -2.35. The van der Waals surface area contributed by atoms with Crippen LogP contribution in [0.5, 0.6) is 11.5 Å². The molecule has 1 amide bonds. The quantitative estimate of drug-likeness (QED) is 0.383. The maximum Gasteiger partial charge on any atom is 0.302 e. The SMILES string of the molecule is COc1cc(/C=C/ON(N)C(=O)c2ccccc2)ccc1O. The first-order valence-electron chi connectivity index (χ1n) is 6.46. The number of benzene rings is 2. The summed E-state index contributed by atoms with van der Waals surface area (Å²) in [5.41, 5.74) is 1.14. The topological polar surface area (TPSA) is 85.0 Å². The van der Waals surface area contributed by atoms with Gasteiger partial charge in [0.25, 0.3) is 0 Å². The highest BCUT2D eigenvalue weighted by Gasteiger charge is 2.11. The fourth-order valence-corrected chi connectivity index (χ4v) is 1.73. The van der Waals surface area contributed by atoms with E-state index in [0.29, 0.717) is 16.5 Å². The van der Waals surface area contributed by atoms with Crippen LogP contribution in [0.25, 0.3) is 6.08 Å². The Hall–Kier alpha value is -2.99. The number of amides is 1. The number of phenols is 1. The number of aromatic hydroxyl groups is 1. The second kappa shape index (κ2) is 7.14. The number of nitrogens with zero attached hydrogens (tertiary/aromatic N) is 1. The monoisotopic (exact) mass is 300 g/mol. The summed E-state index contributed by atoms with van der Waals surface area (Å²) in [7, 11) is 1.46. The zero-order valence-electron chi connectivity index (χ0n) is 12.0. The van der Waals surface area contributed by atoms with Crippen molar-refractivity contribution in [2.45, 2.75) is 0 Å². The number of hydrogen-bond acceptors (Lipinski definition) is 5. The van der Waals surface area contributed by atoms with E-state index in [4.69, 9.17) is 15.4 Å². The minimum atomic E-state index is -0.464. The lowest BCUT2D eigenvalue weighted by atomic mass is 10.2. The van der Waals surface area contributed by atoms with E-state index in [1.54, 1.807) is 48.5 Å². The Labute approximate surface area is 127 Å². The number of carbonyl (C=O) groups excluding carboxylic acids is 1. The third kappa shape index (κ3) is 3.77. The molecule has 0 aromatic heterocycles. The van der Waals surface area contributed by atoms with Gasteiger partial charge >= 0.3 is 5.91 Å². The molecule has 3 N–H and O–H groups in total. The first kappa shape index (κ1) is 15.4. The van der Waals surface area contributed by atoms with Crippen molar-refractivity contribution in [3.05, 3.63) is 65.9 Å². The summed E-state index contributed by atoms with van der Waals surface area (Å²) in [6.45, 7) is 0. The number of phenolic OH excluding ortho intramolecular Hbond substituents is 1. The van der Waals surface area contributed by atoms with Gasteiger partial charge in [0.15, 0.2) is 11.5 Å². The van der Waals surface area contributed by atoms with Crippen LogP contribution in [0, 0.1) is 0 Å². The molecule has 0 bridgehead atoms. The van der Waals surface area contributed by atoms with Crippen LogP contribution in [-0.4, -0.2) is 23.3 Å². The Morgan fingerprint density at radius 3 is 2.64 bits per heavy atom. The first-order valence-corrected chi connectivity index (χ1v) is 6.46. The average molecular weight is 300 g/mol. The summed E-state index contributed by atoms with van der Waals surface area (Å²) < 4.78 is 5.00. The third-order valence-corrected chi connectivity index (χ3v) is 2.86. The molecule has 2 aromatic carbocycles. The second-order valence-corrected chi connectivity index (χ2v) is 4.34. The van der Waals surface area contributed by atoms with E-state index in [-0.39, 0.29) is 5.75 Å². The van der Waals surface area contributed by atoms with Crippen molar-refractivity contribution < 1.29 is 19.5 Å². The van der Waals surface area contributed by atoms with Gasteiger partial charge in [0.05, 0.1) is 7.11 Å². The van der Waals surface area contributed by atoms with E-state index in [1.165, 1.54) is 19.4 Å². The van der Waals surface area contributed by atoms with Gasteiger partial charge in [-0.05, 0) is 35.9 Å². The van der Waals surface area contributed by atoms with Gasteiger partial charge in [0, 0.05) is 5.56 Å². The highest BCUT2D eigenvalue weighted by molar-refractivity contribution is 5.93. The maximum absolute atomic E-state index is 11.9. The lowest BCUT2D eigenvalue weighted by molar-refractivity contribution is -0.0703. The van der Waals surface area contributed by atoms with Crippen molar-refractivity contribution in [3.8, 4) is 11.5 Å². The summed E-state index contributed by atoms with van der Waals surface area (Å²) in [6.07, 6.45) is 2.85. The second-order valence-electron chi connectivity index (χ2n) is 4.34. The Morgan fingerprint density at radius 2 is 1.95 bits per heavy atom. The van der Waals surface area contributed by atoms with E-state index >= 15 is 0 Å². The highest BCUT2D eigenvalue weighted by Crippen LogP contribution is 2.26. The summed E-state index contributed by atoms with van der Waals surface area (Å²) in [6, 6.07) is 13.3. The minimum Gasteiger partial charge on any atom is -0.504 e. The summed E-state index contributed by atoms with van der Waals surface area (Å²) in [4.78, 5) is 17.0. The summed E-state index contributed by atoms with van der Waals surface area (Å²) in [5, 5.41) is 10.1. The molecule has 0 aliphatic rings. The number of carbonyl (C=O) groups is 1. The molecule has 0 saturated carbocycles. The minimum absolute atomic E-state index is 0.0419. The molecule has 2 aromatic rings. The van der Waals surface area contributed by atoms with Crippen LogP contribution >= 0.6 is 0 Å². The van der Waals surface area contributed by atoms with Crippen molar-refractivity contribution in [1.82, 2.24) is 5.17 Å². The Balaban J connectivity index is 1.98. The number of methoxy groups -OCH3 is 1. The molecular weight excluding hydrogens is 284 g/mol. The molecule has 0 radical (unpaired) electrons. The van der Waals surface area contributed by atoms with Crippen molar-refractivity contribution >= 4 is 12.0 Å². The summed E-state index contributed by atoms with van der Waals surface area (Å²) in [5.74, 6) is 5.46. The largest absolute Gasteiger partial charge is 0.504 e. The van der Waals surface area contributed by atoms with Crippen molar-refractivity contribution in [2.24, 2.45) is 5.84 Å². The summed E-state index contributed by atoms with van der Waals surface area (Å²) >= 11 is 0.